The van der Waals surface area contributed by atoms with Gasteiger partial charge in [-0.2, -0.15) is 0 Å². The number of hydrogen-bond donors (Lipinski definition) is 1. The number of rotatable bonds is 75. The highest BCUT2D eigenvalue weighted by molar-refractivity contribution is 5.70. The van der Waals surface area contributed by atoms with E-state index in [0.717, 1.165) is 38.5 Å². The maximum atomic E-state index is 12.4. The van der Waals surface area contributed by atoms with Gasteiger partial charge in [-0.25, -0.2) is 0 Å². The molecule has 0 spiro atoms. The van der Waals surface area contributed by atoms with Gasteiger partial charge in [0.15, 0.2) is 6.10 Å². The molecule has 1 N–H and O–H groups in total. The fourth-order valence-corrected chi connectivity index (χ4v) is 12.6. The lowest BCUT2D eigenvalue weighted by molar-refractivity contribution is -0.161. The molecule has 0 aliphatic rings. The molecule has 0 saturated heterocycles. The molecule has 0 aliphatic heterocycles. The lowest BCUT2D eigenvalue weighted by Crippen LogP contribution is -2.28. The first kappa shape index (κ1) is 83.4. The molecule has 0 aromatic carbocycles. The molecule has 0 amide bonds. The zero-order valence-corrected chi connectivity index (χ0v) is 58.2. The molecule has 85 heavy (non-hydrogen) atoms. The molecule has 0 aromatic rings. The van der Waals surface area contributed by atoms with Crippen molar-refractivity contribution in [3.63, 3.8) is 0 Å². The van der Waals surface area contributed by atoms with Gasteiger partial charge in [0.2, 0.25) is 0 Å². The molecule has 1 unspecified atom stereocenters. The lowest BCUT2D eigenvalue weighted by Gasteiger charge is -2.15. The first-order chi connectivity index (χ1) is 42.1. The number of esters is 2. The zero-order valence-electron chi connectivity index (χ0n) is 58.2. The topological polar surface area (TPSA) is 72.8 Å². The number of allylic oxidation sites excluding steroid dienone is 4. The van der Waals surface area contributed by atoms with Crippen molar-refractivity contribution in [2.24, 2.45) is 0 Å². The van der Waals surface area contributed by atoms with Crippen LogP contribution in [0.25, 0.3) is 0 Å². The number of unbranched alkanes of at least 4 members (excludes halogenated alkanes) is 63. The van der Waals surface area contributed by atoms with Crippen LogP contribution >= 0.6 is 0 Å². The molecule has 0 heterocycles. The van der Waals surface area contributed by atoms with Gasteiger partial charge in [-0.3, -0.25) is 9.59 Å². The largest absolute Gasteiger partial charge is 0.462 e. The minimum absolute atomic E-state index is 0.0577. The average Bonchev–Trinajstić information content (AvgIpc) is 3.51. The van der Waals surface area contributed by atoms with Crippen LogP contribution in [0.2, 0.25) is 0 Å². The van der Waals surface area contributed by atoms with Gasteiger partial charge in [-0.05, 0) is 44.9 Å². The molecule has 0 rings (SSSR count). The second kappa shape index (κ2) is 76.6. The molecule has 0 radical (unpaired) electrons. The third-order valence-electron chi connectivity index (χ3n) is 18.5. The van der Waals surface area contributed by atoms with Crippen LogP contribution in [0.5, 0.6) is 0 Å². The van der Waals surface area contributed by atoms with E-state index < -0.39 is 6.10 Å². The summed E-state index contributed by atoms with van der Waals surface area (Å²) in [5, 5.41) is 9.72. The van der Waals surface area contributed by atoms with Gasteiger partial charge in [-0.1, -0.05) is 423 Å². The Morgan fingerprint density at radius 1 is 0.271 bits per heavy atom. The van der Waals surface area contributed by atoms with Crippen LogP contribution < -0.4 is 0 Å². The summed E-state index contributed by atoms with van der Waals surface area (Å²) in [6.45, 7) is 4.21. The van der Waals surface area contributed by atoms with E-state index in [4.69, 9.17) is 9.47 Å². The molecule has 1 atom stereocenters. The lowest BCUT2D eigenvalue weighted by atomic mass is 10.0. The molecule has 504 valence electrons. The summed E-state index contributed by atoms with van der Waals surface area (Å²) in [7, 11) is 0. The predicted molar refractivity (Wildman–Crippen MR) is 376 cm³/mol. The minimum Gasteiger partial charge on any atom is -0.462 e. The Balaban J connectivity index is 3.34. The molecule has 0 fully saturated rings. The maximum absolute atomic E-state index is 12.4. The fourth-order valence-electron chi connectivity index (χ4n) is 12.6. The number of carbonyl (C=O) groups excluding carboxylic acids is 2. The monoisotopic (exact) mass is 1200 g/mol. The Kier molecular flexibility index (Phi) is 75.2. The summed E-state index contributed by atoms with van der Waals surface area (Å²) in [5.41, 5.74) is 0. The smallest absolute Gasteiger partial charge is 0.306 e. The standard InChI is InChI=1S/C80H154O5/c1-3-5-7-9-11-13-15-17-19-21-23-25-27-29-31-33-35-36-37-38-39-40-41-42-43-45-46-48-50-52-54-56-58-60-62-64-66-68-70-72-74-79(82)84-77-78(76-81)85-80(83)75-73-71-69-67-65-63-61-59-57-55-53-51-49-47-44-34-32-30-28-26-24-22-20-18-16-14-12-10-8-6-4-2/h16,18,22,24,78,81H,3-15,17,19-21,23,25-77H2,1-2H3/b18-16-,24-22-. The van der Waals surface area contributed by atoms with Crippen LogP contribution in [0.3, 0.4) is 0 Å². The maximum Gasteiger partial charge on any atom is 0.306 e. The van der Waals surface area contributed by atoms with E-state index >= 15 is 0 Å². The summed E-state index contributed by atoms with van der Waals surface area (Å²) in [5.74, 6) is -0.561. The summed E-state index contributed by atoms with van der Waals surface area (Å²) in [4.78, 5) is 24.7. The van der Waals surface area contributed by atoms with Crippen molar-refractivity contribution in [3.8, 4) is 0 Å². The van der Waals surface area contributed by atoms with Gasteiger partial charge in [-0.15, -0.1) is 0 Å². The van der Waals surface area contributed by atoms with Crippen molar-refractivity contribution >= 4 is 11.9 Å². The molecule has 0 saturated carbocycles. The Morgan fingerprint density at radius 2 is 0.471 bits per heavy atom. The quantitative estimate of drug-likeness (QED) is 0.0373. The van der Waals surface area contributed by atoms with Gasteiger partial charge in [0.05, 0.1) is 6.61 Å². The van der Waals surface area contributed by atoms with Crippen molar-refractivity contribution in [3.05, 3.63) is 24.3 Å². The van der Waals surface area contributed by atoms with Crippen LogP contribution in [0.1, 0.15) is 457 Å². The highest BCUT2D eigenvalue weighted by Gasteiger charge is 2.16. The molecule has 5 heteroatoms. The van der Waals surface area contributed by atoms with E-state index in [2.05, 4.69) is 38.2 Å². The first-order valence-corrected chi connectivity index (χ1v) is 39.4. The number of aliphatic hydroxyl groups is 1. The van der Waals surface area contributed by atoms with Gasteiger partial charge in [0.25, 0.3) is 0 Å². The molecular weight excluding hydrogens is 1040 g/mol. The highest BCUT2D eigenvalue weighted by Crippen LogP contribution is 2.20. The Bertz CT molecular complexity index is 1310. The van der Waals surface area contributed by atoms with Gasteiger partial charge in [0, 0.05) is 12.8 Å². The summed E-state index contributed by atoms with van der Waals surface area (Å²) >= 11 is 0. The normalized spacial score (nSPS) is 12.2. The van der Waals surface area contributed by atoms with Gasteiger partial charge in [0.1, 0.15) is 6.61 Å². The van der Waals surface area contributed by atoms with Crippen LogP contribution in [0.4, 0.5) is 0 Å². The molecule has 0 aromatic heterocycles. The number of ether oxygens (including phenoxy) is 2. The zero-order chi connectivity index (χ0) is 61.2. The van der Waals surface area contributed by atoms with Crippen molar-refractivity contribution in [1.29, 1.82) is 0 Å². The minimum atomic E-state index is -0.769. The Morgan fingerprint density at radius 3 is 0.694 bits per heavy atom. The van der Waals surface area contributed by atoms with E-state index in [-0.39, 0.29) is 25.2 Å². The SMILES string of the molecule is CCCCCCC/C=C\C/C=C\CCCCCCCCCCCCCCCCCCCCCC(=O)OC(CO)COC(=O)CCCCCCCCCCCCCCCCCCCCCCCCCCCCCCCCCCCCCCCCCC. The molecule has 5 nitrogen and oxygen atoms in total. The van der Waals surface area contributed by atoms with Crippen molar-refractivity contribution in [2.45, 2.75) is 463 Å². The third-order valence-corrected chi connectivity index (χ3v) is 18.5. The number of aliphatic hydroxyl groups excluding tert-OH is 1. The molecular formula is C80H154O5. The van der Waals surface area contributed by atoms with E-state index in [1.165, 1.54) is 392 Å². The third kappa shape index (κ3) is 74.8. The Labute approximate surface area is 534 Å². The molecule has 0 aliphatic carbocycles. The first-order valence-electron chi connectivity index (χ1n) is 39.4. The number of hydrogen-bond acceptors (Lipinski definition) is 5. The average molecular weight is 1200 g/mol. The second-order valence-corrected chi connectivity index (χ2v) is 27.2. The fraction of sp³-hybridized carbons (Fsp3) is 0.925. The van der Waals surface area contributed by atoms with Crippen molar-refractivity contribution in [2.75, 3.05) is 13.2 Å². The summed E-state index contributed by atoms with van der Waals surface area (Å²) < 4.78 is 10.8. The van der Waals surface area contributed by atoms with Crippen LogP contribution in [0.15, 0.2) is 24.3 Å². The van der Waals surface area contributed by atoms with Crippen molar-refractivity contribution < 1.29 is 24.2 Å². The molecule has 0 bridgehead atoms. The van der Waals surface area contributed by atoms with Crippen molar-refractivity contribution in [1.82, 2.24) is 0 Å². The van der Waals surface area contributed by atoms with Crippen LogP contribution in [-0.2, 0) is 19.1 Å². The Hall–Kier alpha value is -1.62. The highest BCUT2D eigenvalue weighted by atomic mass is 16.6. The number of carbonyl (C=O) groups is 2. The van der Waals surface area contributed by atoms with E-state index in [9.17, 15) is 14.7 Å². The van der Waals surface area contributed by atoms with Crippen LogP contribution in [-0.4, -0.2) is 36.4 Å². The predicted octanol–water partition coefficient (Wildman–Crippen LogP) is 27.5. The van der Waals surface area contributed by atoms with Crippen LogP contribution in [0, 0.1) is 0 Å². The second-order valence-electron chi connectivity index (χ2n) is 27.2. The summed E-state index contributed by atoms with van der Waals surface area (Å²) in [6.07, 6.45) is 101. The summed E-state index contributed by atoms with van der Waals surface area (Å²) in [6, 6.07) is 0. The van der Waals surface area contributed by atoms with E-state index in [0.29, 0.717) is 12.8 Å². The van der Waals surface area contributed by atoms with E-state index in [1.807, 2.05) is 0 Å². The van der Waals surface area contributed by atoms with Gasteiger partial charge < -0.3 is 14.6 Å². The van der Waals surface area contributed by atoms with Gasteiger partial charge >= 0.3 is 11.9 Å². The van der Waals surface area contributed by atoms with E-state index in [1.54, 1.807) is 0 Å².